The Morgan fingerprint density at radius 2 is 1.77 bits per heavy atom. The number of nitrogens with zero attached hydrogens (tertiary/aromatic N) is 1. The molecule has 1 heterocycles. The third-order valence-corrected chi connectivity index (χ3v) is 5.86. The van der Waals surface area contributed by atoms with Gasteiger partial charge in [0.2, 0.25) is 0 Å². The molecular weight excluding hydrogens is 372 g/mol. The van der Waals surface area contributed by atoms with Gasteiger partial charge < -0.3 is 15.0 Å². The monoisotopic (exact) mass is 408 g/mol. The lowest BCUT2D eigenvalue weighted by Gasteiger charge is -2.33. The minimum Gasteiger partial charge on any atom is -0.462 e. The Morgan fingerprint density at radius 3 is 2.47 bits per heavy atom. The highest BCUT2D eigenvalue weighted by Crippen LogP contribution is 2.31. The van der Waals surface area contributed by atoms with E-state index in [2.05, 4.69) is 41.4 Å². The molecule has 1 atom stereocenters. The van der Waals surface area contributed by atoms with Gasteiger partial charge in [-0.05, 0) is 74.9 Å². The molecule has 0 amide bonds. The molecule has 0 aromatic heterocycles. The number of benzene rings is 2. The summed E-state index contributed by atoms with van der Waals surface area (Å²) in [6.45, 7) is 7.74. The van der Waals surface area contributed by atoms with E-state index in [1.807, 2.05) is 31.2 Å². The lowest BCUT2D eigenvalue weighted by molar-refractivity contribution is 0.0526. The van der Waals surface area contributed by atoms with Crippen LogP contribution in [-0.4, -0.2) is 32.2 Å². The molecule has 1 aliphatic heterocycles. The third kappa shape index (κ3) is 6.09. The second-order valence-electron chi connectivity index (χ2n) is 8.07. The average Bonchev–Trinajstić information content (AvgIpc) is 2.80. The molecule has 162 valence electrons. The SMILES string of the molecule is CCCC(NCCc1ccc(C(=O)OCC)cc1)c1ccccc1N1CCCCC1. The molecule has 1 fully saturated rings. The summed E-state index contributed by atoms with van der Waals surface area (Å²) in [6, 6.07) is 17.1. The van der Waals surface area contributed by atoms with Crippen molar-refractivity contribution >= 4 is 11.7 Å². The fraction of sp³-hybridized carbons (Fsp3) is 0.500. The van der Waals surface area contributed by atoms with E-state index in [1.54, 1.807) is 0 Å². The Balaban J connectivity index is 1.62. The van der Waals surface area contributed by atoms with E-state index in [-0.39, 0.29) is 5.97 Å². The highest BCUT2D eigenvalue weighted by Gasteiger charge is 2.19. The Hall–Kier alpha value is -2.33. The van der Waals surface area contributed by atoms with Crippen molar-refractivity contribution in [3.63, 3.8) is 0 Å². The van der Waals surface area contributed by atoms with Crippen LogP contribution >= 0.6 is 0 Å². The fourth-order valence-electron chi connectivity index (χ4n) is 4.27. The molecular formula is C26H36N2O2. The van der Waals surface area contributed by atoms with Crippen molar-refractivity contribution in [2.24, 2.45) is 0 Å². The topological polar surface area (TPSA) is 41.6 Å². The normalized spacial score (nSPS) is 15.1. The Labute approximate surface area is 181 Å². The minimum atomic E-state index is -0.250. The van der Waals surface area contributed by atoms with Crippen LogP contribution in [0.25, 0.3) is 0 Å². The summed E-state index contributed by atoms with van der Waals surface area (Å²) < 4.78 is 5.06. The second kappa shape index (κ2) is 11.8. The maximum absolute atomic E-state index is 11.8. The highest BCUT2D eigenvalue weighted by atomic mass is 16.5. The van der Waals surface area contributed by atoms with Crippen LogP contribution in [0.3, 0.4) is 0 Å². The van der Waals surface area contributed by atoms with Crippen molar-refractivity contribution < 1.29 is 9.53 Å². The van der Waals surface area contributed by atoms with E-state index in [0.717, 1.165) is 25.8 Å². The molecule has 4 heteroatoms. The number of anilines is 1. The zero-order valence-electron chi connectivity index (χ0n) is 18.5. The Morgan fingerprint density at radius 1 is 1.03 bits per heavy atom. The number of hydrogen-bond donors (Lipinski definition) is 1. The summed E-state index contributed by atoms with van der Waals surface area (Å²) in [5.41, 5.74) is 4.68. The molecule has 1 aliphatic rings. The maximum Gasteiger partial charge on any atom is 0.338 e. The summed E-state index contributed by atoms with van der Waals surface area (Å²) in [5, 5.41) is 3.80. The van der Waals surface area contributed by atoms with Crippen molar-refractivity contribution in [1.29, 1.82) is 0 Å². The lowest BCUT2D eigenvalue weighted by Crippen LogP contribution is -2.32. The predicted octanol–water partition coefficient (Wildman–Crippen LogP) is 5.53. The Kier molecular flexibility index (Phi) is 8.76. The Bertz CT molecular complexity index is 782. The van der Waals surface area contributed by atoms with Crippen molar-refractivity contribution in [3.8, 4) is 0 Å². The summed E-state index contributed by atoms with van der Waals surface area (Å²) in [6.07, 6.45) is 7.16. The number of rotatable bonds is 10. The van der Waals surface area contributed by atoms with Crippen LogP contribution in [0.5, 0.6) is 0 Å². The summed E-state index contributed by atoms with van der Waals surface area (Å²) in [7, 11) is 0. The summed E-state index contributed by atoms with van der Waals surface area (Å²) >= 11 is 0. The number of carbonyl (C=O) groups is 1. The van der Waals surface area contributed by atoms with Gasteiger partial charge in [0.05, 0.1) is 12.2 Å². The summed E-state index contributed by atoms with van der Waals surface area (Å²) in [5.74, 6) is -0.250. The second-order valence-corrected chi connectivity index (χ2v) is 8.07. The molecule has 0 saturated carbocycles. The molecule has 4 nitrogen and oxygen atoms in total. The van der Waals surface area contributed by atoms with E-state index in [4.69, 9.17) is 4.74 Å². The van der Waals surface area contributed by atoms with E-state index in [9.17, 15) is 4.79 Å². The van der Waals surface area contributed by atoms with E-state index < -0.39 is 0 Å². The number of para-hydroxylation sites is 1. The number of esters is 1. The number of ether oxygens (including phenoxy) is 1. The van der Waals surface area contributed by atoms with Gasteiger partial charge in [0, 0.05) is 24.8 Å². The third-order valence-electron chi connectivity index (χ3n) is 5.86. The number of nitrogens with one attached hydrogen (secondary N) is 1. The first-order valence-electron chi connectivity index (χ1n) is 11.6. The van der Waals surface area contributed by atoms with E-state index in [1.165, 1.54) is 49.2 Å². The first-order chi connectivity index (χ1) is 14.7. The molecule has 0 spiro atoms. The van der Waals surface area contributed by atoms with Crippen LogP contribution in [-0.2, 0) is 11.2 Å². The first-order valence-corrected chi connectivity index (χ1v) is 11.6. The molecule has 3 rings (SSSR count). The maximum atomic E-state index is 11.8. The van der Waals surface area contributed by atoms with E-state index in [0.29, 0.717) is 18.2 Å². The molecule has 0 bridgehead atoms. The molecule has 1 saturated heterocycles. The molecule has 1 N–H and O–H groups in total. The lowest BCUT2D eigenvalue weighted by atomic mass is 9.98. The van der Waals surface area contributed by atoms with Crippen LogP contribution in [0.2, 0.25) is 0 Å². The van der Waals surface area contributed by atoms with Gasteiger partial charge in [0.25, 0.3) is 0 Å². The zero-order chi connectivity index (χ0) is 21.2. The molecule has 0 aliphatic carbocycles. The van der Waals surface area contributed by atoms with Crippen LogP contribution < -0.4 is 10.2 Å². The quantitative estimate of drug-likeness (QED) is 0.525. The molecule has 1 unspecified atom stereocenters. The average molecular weight is 409 g/mol. The van der Waals surface area contributed by atoms with Crippen LogP contribution in [0, 0.1) is 0 Å². The first kappa shape index (κ1) is 22.4. The smallest absolute Gasteiger partial charge is 0.338 e. The van der Waals surface area contributed by atoms with Gasteiger partial charge in [-0.3, -0.25) is 0 Å². The van der Waals surface area contributed by atoms with Gasteiger partial charge in [-0.25, -0.2) is 4.79 Å². The largest absolute Gasteiger partial charge is 0.462 e. The molecule has 2 aromatic carbocycles. The summed E-state index contributed by atoms with van der Waals surface area (Å²) in [4.78, 5) is 14.4. The van der Waals surface area contributed by atoms with Gasteiger partial charge in [-0.15, -0.1) is 0 Å². The van der Waals surface area contributed by atoms with Crippen molar-refractivity contribution in [2.75, 3.05) is 31.1 Å². The molecule has 2 aromatic rings. The number of hydrogen-bond acceptors (Lipinski definition) is 4. The minimum absolute atomic E-state index is 0.250. The van der Waals surface area contributed by atoms with Crippen LogP contribution in [0.15, 0.2) is 48.5 Å². The van der Waals surface area contributed by atoms with E-state index >= 15 is 0 Å². The van der Waals surface area contributed by atoms with Gasteiger partial charge in [-0.2, -0.15) is 0 Å². The molecule has 0 radical (unpaired) electrons. The van der Waals surface area contributed by atoms with Crippen LogP contribution in [0.1, 0.15) is 73.5 Å². The van der Waals surface area contributed by atoms with Gasteiger partial charge in [-0.1, -0.05) is 43.7 Å². The number of carbonyl (C=O) groups excluding carboxylic acids is 1. The van der Waals surface area contributed by atoms with Crippen molar-refractivity contribution in [1.82, 2.24) is 5.32 Å². The zero-order valence-corrected chi connectivity index (χ0v) is 18.5. The van der Waals surface area contributed by atoms with Gasteiger partial charge >= 0.3 is 5.97 Å². The predicted molar refractivity (Wildman–Crippen MR) is 124 cm³/mol. The highest BCUT2D eigenvalue weighted by molar-refractivity contribution is 5.89. The van der Waals surface area contributed by atoms with Crippen LogP contribution in [0.4, 0.5) is 5.69 Å². The van der Waals surface area contributed by atoms with Gasteiger partial charge in [0.15, 0.2) is 0 Å². The van der Waals surface area contributed by atoms with Crippen molar-refractivity contribution in [3.05, 3.63) is 65.2 Å². The van der Waals surface area contributed by atoms with Crippen molar-refractivity contribution in [2.45, 2.75) is 58.4 Å². The fourth-order valence-corrected chi connectivity index (χ4v) is 4.27. The number of piperidine rings is 1. The molecule has 30 heavy (non-hydrogen) atoms. The van der Waals surface area contributed by atoms with Gasteiger partial charge in [0.1, 0.15) is 0 Å². The standard InChI is InChI=1S/C26H36N2O2/c1-3-10-24(23-11-6-7-12-25(23)28-19-8-5-9-20-28)27-18-17-21-13-15-22(16-14-21)26(29)30-4-2/h6-7,11-16,24,27H,3-5,8-10,17-20H2,1-2H3.